The summed E-state index contributed by atoms with van der Waals surface area (Å²) in [6.07, 6.45) is 1.11. The molecule has 0 radical (unpaired) electrons. The lowest BCUT2D eigenvalue weighted by Crippen LogP contribution is -2.40. The molecule has 1 aromatic carbocycles. The summed E-state index contributed by atoms with van der Waals surface area (Å²) in [5, 5.41) is 9.43. The molecular weight excluding hydrogens is 304 g/mol. The third-order valence-electron chi connectivity index (χ3n) is 2.80. The lowest BCUT2D eigenvalue weighted by atomic mass is 9.99. The molecule has 17 heavy (non-hydrogen) atoms. The molecule has 1 aliphatic heterocycles. The summed E-state index contributed by atoms with van der Waals surface area (Å²) in [6, 6.07) is 7.74. The van der Waals surface area contributed by atoms with Crippen molar-refractivity contribution in [3.05, 3.63) is 28.7 Å². The second-order valence-corrected chi connectivity index (χ2v) is 6.34. The summed E-state index contributed by atoms with van der Waals surface area (Å²) in [6.45, 7) is 1.04. The Labute approximate surface area is 113 Å². The Morgan fingerprint density at radius 3 is 2.71 bits per heavy atom. The maximum absolute atomic E-state index is 11.5. The van der Waals surface area contributed by atoms with Crippen LogP contribution in [0.5, 0.6) is 0 Å². The fourth-order valence-electron chi connectivity index (χ4n) is 1.82. The molecule has 0 saturated carbocycles. The minimum Gasteiger partial charge on any atom is -0.480 e. The van der Waals surface area contributed by atoms with E-state index in [0.29, 0.717) is 26.1 Å². The molecule has 0 atom stereocenters. The van der Waals surface area contributed by atoms with Crippen LogP contribution in [0.3, 0.4) is 0 Å². The zero-order valence-electron chi connectivity index (χ0n) is 9.19. The Kier molecular flexibility index (Phi) is 4.12. The van der Waals surface area contributed by atoms with E-state index < -0.39 is 10.7 Å². The van der Waals surface area contributed by atoms with Crippen LogP contribution in [0.4, 0.5) is 0 Å². The van der Waals surface area contributed by atoms with E-state index in [9.17, 15) is 9.90 Å². The van der Waals surface area contributed by atoms with Gasteiger partial charge in [-0.25, -0.2) is 0 Å². The molecule has 0 aliphatic carbocycles. The molecule has 1 N–H and O–H groups in total. The van der Waals surface area contributed by atoms with Gasteiger partial charge in [-0.3, -0.25) is 4.79 Å². The van der Waals surface area contributed by atoms with Gasteiger partial charge < -0.3 is 9.84 Å². The number of ether oxygens (including phenoxy) is 1. The molecule has 0 aromatic heterocycles. The van der Waals surface area contributed by atoms with Gasteiger partial charge in [0.1, 0.15) is 4.75 Å². The van der Waals surface area contributed by atoms with E-state index in [2.05, 4.69) is 15.9 Å². The highest BCUT2D eigenvalue weighted by Gasteiger charge is 2.41. The maximum atomic E-state index is 11.5. The second-order valence-electron chi connectivity index (χ2n) is 3.97. The first-order valence-corrected chi connectivity index (χ1v) is 6.99. The molecule has 2 rings (SSSR count). The van der Waals surface area contributed by atoms with Crippen LogP contribution < -0.4 is 0 Å². The van der Waals surface area contributed by atoms with E-state index in [0.717, 1.165) is 9.37 Å². The summed E-state index contributed by atoms with van der Waals surface area (Å²) in [7, 11) is 0. The summed E-state index contributed by atoms with van der Waals surface area (Å²) in [5.74, 6) is -0.745. The van der Waals surface area contributed by atoms with E-state index in [4.69, 9.17) is 4.74 Å². The van der Waals surface area contributed by atoms with Gasteiger partial charge in [0, 0.05) is 22.6 Å². The van der Waals surface area contributed by atoms with Gasteiger partial charge in [-0.2, -0.15) is 0 Å². The first kappa shape index (κ1) is 12.9. The van der Waals surface area contributed by atoms with Crippen molar-refractivity contribution in [2.24, 2.45) is 0 Å². The van der Waals surface area contributed by atoms with Crippen molar-refractivity contribution in [2.75, 3.05) is 13.2 Å². The van der Waals surface area contributed by atoms with Crippen LogP contribution in [0.15, 0.2) is 33.6 Å². The molecule has 0 spiro atoms. The normalized spacial score (nSPS) is 18.9. The van der Waals surface area contributed by atoms with Crippen LogP contribution >= 0.6 is 27.7 Å². The quantitative estimate of drug-likeness (QED) is 0.930. The van der Waals surface area contributed by atoms with Crippen LogP contribution in [0.25, 0.3) is 0 Å². The lowest BCUT2D eigenvalue weighted by Gasteiger charge is -2.32. The number of carbonyl (C=O) groups is 1. The topological polar surface area (TPSA) is 46.5 Å². The highest BCUT2D eigenvalue weighted by Crippen LogP contribution is 2.41. The van der Waals surface area contributed by atoms with E-state index in [1.54, 1.807) is 0 Å². The zero-order chi connectivity index (χ0) is 12.3. The van der Waals surface area contributed by atoms with Gasteiger partial charge in [0.05, 0.1) is 0 Å². The maximum Gasteiger partial charge on any atom is 0.320 e. The first-order chi connectivity index (χ1) is 8.12. The first-order valence-electron chi connectivity index (χ1n) is 5.38. The molecular formula is C12H13BrO3S. The number of carboxylic acids is 1. The second kappa shape index (κ2) is 5.42. The van der Waals surface area contributed by atoms with E-state index in [1.807, 2.05) is 24.3 Å². The van der Waals surface area contributed by atoms with Crippen molar-refractivity contribution >= 4 is 33.7 Å². The Morgan fingerprint density at radius 1 is 1.41 bits per heavy atom. The van der Waals surface area contributed by atoms with Crippen molar-refractivity contribution in [1.82, 2.24) is 0 Å². The fourth-order valence-corrected chi connectivity index (χ4v) is 3.61. The number of aliphatic carboxylic acids is 1. The number of hydrogen-bond donors (Lipinski definition) is 1. The molecule has 3 nitrogen and oxygen atoms in total. The van der Waals surface area contributed by atoms with Gasteiger partial charge in [-0.15, -0.1) is 11.8 Å². The number of thioether (sulfide) groups is 1. The van der Waals surface area contributed by atoms with Crippen LogP contribution in [0.2, 0.25) is 0 Å². The van der Waals surface area contributed by atoms with Gasteiger partial charge in [0.2, 0.25) is 0 Å². The van der Waals surface area contributed by atoms with Crippen molar-refractivity contribution in [1.29, 1.82) is 0 Å². The van der Waals surface area contributed by atoms with Gasteiger partial charge in [-0.1, -0.05) is 22.0 Å². The number of carboxylic acid groups (broad SMARTS) is 1. The molecule has 0 unspecified atom stereocenters. The SMILES string of the molecule is O=C(O)C1(Sc2cccc(Br)c2)CCOCC1. The molecule has 1 saturated heterocycles. The Morgan fingerprint density at radius 2 is 2.12 bits per heavy atom. The van der Waals surface area contributed by atoms with Crippen LogP contribution in [-0.2, 0) is 9.53 Å². The van der Waals surface area contributed by atoms with Crippen molar-refractivity contribution in [3.63, 3.8) is 0 Å². The number of hydrogen-bond acceptors (Lipinski definition) is 3. The summed E-state index contributed by atoms with van der Waals surface area (Å²) in [5.41, 5.74) is 0. The number of halogens is 1. The monoisotopic (exact) mass is 316 g/mol. The van der Waals surface area contributed by atoms with Crippen molar-refractivity contribution in [2.45, 2.75) is 22.5 Å². The van der Waals surface area contributed by atoms with Gasteiger partial charge in [-0.05, 0) is 31.0 Å². The number of benzene rings is 1. The van der Waals surface area contributed by atoms with Crippen LogP contribution in [0.1, 0.15) is 12.8 Å². The summed E-state index contributed by atoms with van der Waals surface area (Å²) >= 11 is 4.82. The minimum absolute atomic E-state index is 0.521. The molecule has 1 aliphatic rings. The third-order valence-corrected chi connectivity index (χ3v) is 4.76. The largest absolute Gasteiger partial charge is 0.480 e. The summed E-state index contributed by atoms with van der Waals surface area (Å²) < 4.78 is 5.48. The van der Waals surface area contributed by atoms with Crippen molar-refractivity contribution in [3.8, 4) is 0 Å². The minimum atomic E-state index is -0.745. The molecule has 0 amide bonds. The lowest BCUT2D eigenvalue weighted by molar-refractivity contribution is -0.142. The van der Waals surface area contributed by atoms with Gasteiger partial charge in [0.15, 0.2) is 0 Å². The third kappa shape index (κ3) is 3.03. The standard InChI is InChI=1S/C12H13BrO3S/c13-9-2-1-3-10(8-9)17-12(11(14)15)4-6-16-7-5-12/h1-3,8H,4-7H2,(H,14,15). The Bertz CT molecular complexity index is 416. The molecule has 0 bridgehead atoms. The fraction of sp³-hybridized carbons (Fsp3) is 0.417. The predicted octanol–water partition coefficient (Wildman–Crippen LogP) is 3.18. The molecule has 1 aromatic rings. The highest BCUT2D eigenvalue weighted by molar-refractivity contribution is 9.10. The van der Waals surface area contributed by atoms with Gasteiger partial charge >= 0.3 is 5.97 Å². The smallest absolute Gasteiger partial charge is 0.320 e. The van der Waals surface area contributed by atoms with Crippen LogP contribution in [0, 0.1) is 0 Å². The van der Waals surface area contributed by atoms with E-state index >= 15 is 0 Å². The van der Waals surface area contributed by atoms with Crippen molar-refractivity contribution < 1.29 is 14.6 Å². The Balaban J connectivity index is 2.20. The zero-order valence-corrected chi connectivity index (χ0v) is 11.6. The average Bonchev–Trinajstić information content (AvgIpc) is 2.30. The van der Waals surface area contributed by atoms with Crippen LogP contribution in [-0.4, -0.2) is 29.0 Å². The highest BCUT2D eigenvalue weighted by atomic mass is 79.9. The van der Waals surface area contributed by atoms with Gasteiger partial charge in [0.25, 0.3) is 0 Å². The summed E-state index contributed by atoms with van der Waals surface area (Å²) in [4.78, 5) is 12.5. The number of rotatable bonds is 3. The molecule has 1 fully saturated rings. The Hall–Kier alpha value is -0.520. The van der Waals surface area contributed by atoms with E-state index in [-0.39, 0.29) is 0 Å². The molecule has 5 heteroatoms. The molecule has 1 heterocycles. The predicted molar refractivity (Wildman–Crippen MR) is 70.4 cm³/mol. The molecule has 92 valence electrons. The average molecular weight is 317 g/mol. The van der Waals surface area contributed by atoms with E-state index in [1.165, 1.54) is 11.8 Å².